The van der Waals surface area contributed by atoms with E-state index in [1.54, 1.807) is 6.07 Å². The molecule has 2 aromatic rings. The molecule has 1 saturated carbocycles. The van der Waals surface area contributed by atoms with Crippen molar-refractivity contribution in [2.24, 2.45) is 17.8 Å². The number of carbonyl (C=O) groups excluding carboxylic acids is 2. The summed E-state index contributed by atoms with van der Waals surface area (Å²) >= 11 is 0. The molecule has 2 aromatic carbocycles. The molecule has 0 radical (unpaired) electrons. The molecule has 5 rings (SSSR count). The Kier molecular flexibility index (Phi) is 3.27. The normalized spacial score (nSPS) is 28.1. The van der Waals surface area contributed by atoms with Crippen LogP contribution in [0.5, 0.6) is 11.5 Å². The van der Waals surface area contributed by atoms with E-state index in [1.807, 2.05) is 30.3 Å². The number of para-hydroxylation sites is 1. The molecule has 0 spiro atoms. The molecule has 4 unspecified atom stereocenters. The van der Waals surface area contributed by atoms with Gasteiger partial charge in [0, 0.05) is 11.8 Å². The highest BCUT2D eigenvalue weighted by molar-refractivity contribution is 5.91. The number of rotatable bonds is 2. The third-order valence-electron chi connectivity index (χ3n) is 5.87. The fourth-order valence-electron chi connectivity index (χ4n) is 4.85. The highest BCUT2D eigenvalue weighted by Gasteiger charge is 2.64. The summed E-state index contributed by atoms with van der Waals surface area (Å²) in [6, 6.07) is 13.6. The monoisotopic (exact) mass is 348 g/mol. The zero-order valence-electron chi connectivity index (χ0n) is 14.8. The Balaban J connectivity index is 1.57. The zero-order chi connectivity index (χ0) is 18.0. The van der Waals surface area contributed by atoms with E-state index in [0.717, 1.165) is 23.1 Å². The van der Waals surface area contributed by atoms with Crippen molar-refractivity contribution in [3.05, 3.63) is 59.2 Å². The number of ether oxygens (including phenoxy) is 2. The second-order valence-electron chi connectivity index (χ2n) is 7.95. The molecule has 2 heterocycles. The van der Waals surface area contributed by atoms with Crippen LogP contribution in [0.15, 0.2) is 42.5 Å². The Morgan fingerprint density at radius 2 is 1.42 bits per heavy atom. The van der Waals surface area contributed by atoms with E-state index < -0.39 is 0 Å². The lowest BCUT2D eigenvalue weighted by Crippen LogP contribution is -2.56. The fraction of sp³-hybridized carbons (Fsp3) is 0.364. The van der Waals surface area contributed by atoms with Gasteiger partial charge >= 0.3 is 11.9 Å². The second-order valence-corrected chi connectivity index (χ2v) is 7.95. The molecule has 0 amide bonds. The van der Waals surface area contributed by atoms with Gasteiger partial charge < -0.3 is 9.47 Å². The SMILES string of the molecule is CC(C)Cc1ccc2c(c1)OC(=O)C1C3c4ccccc4OC(=O)C3C21. The van der Waals surface area contributed by atoms with Gasteiger partial charge in [0.2, 0.25) is 0 Å². The lowest BCUT2D eigenvalue weighted by Gasteiger charge is -2.53. The smallest absolute Gasteiger partial charge is 0.315 e. The van der Waals surface area contributed by atoms with Gasteiger partial charge in [0.1, 0.15) is 11.5 Å². The molecule has 4 nitrogen and oxygen atoms in total. The third-order valence-corrected chi connectivity index (χ3v) is 5.87. The minimum atomic E-state index is -0.308. The van der Waals surface area contributed by atoms with Crippen molar-refractivity contribution in [1.29, 1.82) is 0 Å². The van der Waals surface area contributed by atoms with Crippen LogP contribution in [0.25, 0.3) is 0 Å². The van der Waals surface area contributed by atoms with E-state index in [4.69, 9.17) is 9.47 Å². The van der Waals surface area contributed by atoms with Crippen LogP contribution in [0.2, 0.25) is 0 Å². The van der Waals surface area contributed by atoms with Gasteiger partial charge in [0.15, 0.2) is 0 Å². The molecule has 0 saturated heterocycles. The number of hydrogen-bond donors (Lipinski definition) is 0. The molecule has 1 aliphatic carbocycles. The molecule has 132 valence electrons. The summed E-state index contributed by atoms with van der Waals surface area (Å²) in [7, 11) is 0. The molecule has 4 atom stereocenters. The van der Waals surface area contributed by atoms with Gasteiger partial charge in [-0.2, -0.15) is 0 Å². The van der Waals surface area contributed by atoms with Gasteiger partial charge in [0.05, 0.1) is 11.8 Å². The van der Waals surface area contributed by atoms with E-state index in [0.29, 0.717) is 17.4 Å². The minimum Gasteiger partial charge on any atom is -0.426 e. The quantitative estimate of drug-likeness (QED) is 0.611. The van der Waals surface area contributed by atoms with E-state index >= 15 is 0 Å². The van der Waals surface area contributed by atoms with Crippen molar-refractivity contribution in [3.63, 3.8) is 0 Å². The zero-order valence-corrected chi connectivity index (χ0v) is 14.8. The van der Waals surface area contributed by atoms with Crippen LogP contribution in [0, 0.1) is 17.8 Å². The molecule has 1 fully saturated rings. The number of carbonyl (C=O) groups is 2. The van der Waals surface area contributed by atoms with E-state index in [9.17, 15) is 9.59 Å². The Labute approximate surface area is 152 Å². The molecule has 26 heavy (non-hydrogen) atoms. The Bertz CT molecular complexity index is 923. The van der Waals surface area contributed by atoms with Crippen molar-refractivity contribution in [2.45, 2.75) is 32.1 Å². The first-order valence-electron chi connectivity index (χ1n) is 9.19. The van der Waals surface area contributed by atoms with Gasteiger partial charge in [-0.1, -0.05) is 44.2 Å². The molecule has 3 aliphatic rings. The molecular formula is C22H20O4. The number of fused-ring (bicyclic) bond motifs is 8. The summed E-state index contributed by atoms with van der Waals surface area (Å²) in [6.07, 6.45) is 0.931. The molecular weight excluding hydrogens is 328 g/mol. The van der Waals surface area contributed by atoms with Crippen molar-refractivity contribution in [3.8, 4) is 11.5 Å². The topological polar surface area (TPSA) is 52.6 Å². The minimum absolute atomic E-state index is 0.145. The number of esters is 2. The van der Waals surface area contributed by atoms with Crippen LogP contribution in [-0.2, 0) is 16.0 Å². The summed E-state index contributed by atoms with van der Waals surface area (Å²) in [4.78, 5) is 25.4. The molecule has 2 aliphatic heterocycles. The van der Waals surface area contributed by atoms with Crippen LogP contribution >= 0.6 is 0 Å². The van der Waals surface area contributed by atoms with Gasteiger partial charge in [-0.25, -0.2) is 0 Å². The number of benzene rings is 2. The first-order chi connectivity index (χ1) is 12.5. The standard InChI is InChI=1S/C22H20O4/c1-11(2)9-12-7-8-14-16(10-12)26-22(24)20-17-13-5-3-4-6-15(13)25-21(23)19(17)18(14)20/h3-8,10-11,17-20H,9H2,1-2H3. The second kappa shape index (κ2) is 5.44. The van der Waals surface area contributed by atoms with Crippen molar-refractivity contribution < 1.29 is 19.1 Å². The van der Waals surface area contributed by atoms with Crippen LogP contribution in [0.4, 0.5) is 0 Å². The maximum Gasteiger partial charge on any atom is 0.315 e. The largest absolute Gasteiger partial charge is 0.426 e. The van der Waals surface area contributed by atoms with E-state index in [1.165, 1.54) is 0 Å². The lowest BCUT2D eigenvalue weighted by atomic mass is 9.51. The maximum atomic E-state index is 12.7. The maximum absolute atomic E-state index is 12.7. The van der Waals surface area contributed by atoms with E-state index in [-0.39, 0.29) is 35.6 Å². The fourth-order valence-corrected chi connectivity index (χ4v) is 4.85. The average molecular weight is 348 g/mol. The summed E-state index contributed by atoms with van der Waals surface area (Å²) in [6.45, 7) is 4.32. The first kappa shape index (κ1) is 15.6. The Hall–Kier alpha value is -2.62. The highest BCUT2D eigenvalue weighted by atomic mass is 16.5. The summed E-state index contributed by atoms with van der Waals surface area (Å²) in [5, 5.41) is 0. The summed E-state index contributed by atoms with van der Waals surface area (Å²) in [5.74, 6) is 0.339. The van der Waals surface area contributed by atoms with Gasteiger partial charge in [0.25, 0.3) is 0 Å². The van der Waals surface area contributed by atoms with Crippen LogP contribution in [0.1, 0.15) is 42.4 Å². The highest BCUT2D eigenvalue weighted by Crippen LogP contribution is 2.64. The lowest BCUT2D eigenvalue weighted by molar-refractivity contribution is -0.161. The molecule has 0 aromatic heterocycles. The van der Waals surface area contributed by atoms with Crippen LogP contribution in [-0.4, -0.2) is 11.9 Å². The predicted molar refractivity (Wildman–Crippen MR) is 95.2 cm³/mol. The summed E-state index contributed by atoms with van der Waals surface area (Å²) < 4.78 is 11.2. The van der Waals surface area contributed by atoms with E-state index in [2.05, 4.69) is 19.9 Å². The third kappa shape index (κ3) is 2.08. The van der Waals surface area contributed by atoms with Crippen LogP contribution in [0.3, 0.4) is 0 Å². The number of hydrogen-bond acceptors (Lipinski definition) is 4. The van der Waals surface area contributed by atoms with Gasteiger partial charge in [-0.15, -0.1) is 0 Å². The molecule has 0 bridgehead atoms. The van der Waals surface area contributed by atoms with Gasteiger partial charge in [-0.3, -0.25) is 9.59 Å². The van der Waals surface area contributed by atoms with Gasteiger partial charge in [-0.05, 0) is 41.2 Å². The van der Waals surface area contributed by atoms with Crippen LogP contribution < -0.4 is 9.47 Å². The van der Waals surface area contributed by atoms with Crippen molar-refractivity contribution in [2.75, 3.05) is 0 Å². The summed E-state index contributed by atoms with van der Waals surface area (Å²) in [5.41, 5.74) is 3.05. The average Bonchev–Trinajstić information content (AvgIpc) is 2.55. The Morgan fingerprint density at radius 1 is 0.808 bits per heavy atom. The van der Waals surface area contributed by atoms with Crippen molar-refractivity contribution in [1.82, 2.24) is 0 Å². The first-order valence-corrected chi connectivity index (χ1v) is 9.19. The molecule has 4 heteroatoms. The van der Waals surface area contributed by atoms with Crippen molar-refractivity contribution >= 4 is 11.9 Å². The molecule has 0 N–H and O–H groups in total. The Morgan fingerprint density at radius 3 is 2.12 bits per heavy atom. The predicted octanol–water partition coefficient (Wildman–Crippen LogP) is 3.84.